The molecule has 0 saturated carbocycles. The van der Waals surface area contributed by atoms with Crippen molar-refractivity contribution in [3.05, 3.63) is 64.7 Å². The molecule has 0 atom stereocenters. The first-order valence-corrected chi connectivity index (χ1v) is 9.24. The van der Waals surface area contributed by atoms with Gasteiger partial charge in [-0.05, 0) is 49.2 Å². The van der Waals surface area contributed by atoms with Gasteiger partial charge in [0, 0.05) is 37.3 Å². The van der Waals surface area contributed by atoms with E-state index in [2.05, 4.69) is 4.90 Å². The third-order valence-corrected chi connectivity index (χ3v) is 5.17. The summed E-state index contributed by atoms with van der Waals surface area (Å²) in [5, 5.41) is 0. The van der Waals surface area contributed by atoms with Gasteiger partial charge < -0.3 is 9.64 Å². The number of amides is 1. The van der Waals surface area contributed by atoms with Crippen molar-refractivity contribution in [3.8, 4) is 5.75 Å². The molecule has 5 heteroatoms. The molecule has 0 aromatic heterocycles. The van der Waals surface area contributed by atoms with Crippen LogP contribution >= 0.6 is 0 Å². The van der Waals surface area contributed by atoms with Gasteiger partial charge in [-0.25, -0.2) is 0 Å². The number of carbonyl (C=O) groups is 2. The van der Waals surface area contributed by atoms with E-state index in [4.69, 9.17) is 4.74 Å². The van der Waals surface area contributed by atoms with Crippen molar-refractivity contribution < 1.29 is 14.3 Å². The summed E-state index contributed by atoms with van der Waals surface area (Å²) in [6.07, 6.45) is 0. The molecule has 3 rings (SSSR count). The summed E-state index contributed by atoms with van der Waals surface area (Å²) < 4.78 is 5.19. The highest BCUT2D eigenvalue weighted by molar-refractivity contribution is 5.98. The van der Waals surface area contributed by atoms with Crippen molar-refractivity contribution in [1.82, 2.24) is 9.80 Å². The number of aryl methyl sites for hydroxylation is 2. The van der Waals surface area contributed by atoms with Crippen LogP contribution < -0.4 is 4.74 Å². The van der Waals surface area contributed by atoms with Crippen molar-refractivity contribution in [1.29, 1.82) is 0 Å². The molecule has 0 spiro atoms. The Morgan fingerprint density at radius 2 is 1.67 bits per heavy atom. The molecule has 1 saturated heterocycles. The van der Waals surface area contributed by atoms with E-state index in [0.717, 1.165) is 11.1 Å². The Kier molecular flexibility index (Phi) is 5.91. The van der Waals surface area contributed by atoms with E-state index in [1.807, 2.05) is 49.1 Å². The van der Waals surface area contributed by atoms with E-state index < -0.39 is 0 Å². The molecular weight excluding hydrogens is 340 g/mol. The van der Waals surface area contributed by atoms with Crippen LogP contribution in [0.1, 0.15) is 31.8 Å². The van der Waals surface area contributed by atoms with Gasteiger partial charge in [0.25, 0.3) is 5.91 Å². The van der Waals surface area contributed by atoms with Crippen molar-refractivity contribution in [2.45, 2.75) is 13.8 Å². The van der Waals surface area contributed by atoms with E-state index in [1.54, 1.807) is 19.2 Å². The number of Topliss-reactive ketones (excluding diaryl/α,β-unsaturated/α-hetero) is 1. The van der Waals surface area contributed by atoms with E-state index in [-0.39, 0.29) is 11.7 Å². The lowest BCUT2D eigenvalue weighted by molar-refractivity contribution is 0.0624. The van der Waals surface area contributed by atoms with Crippen molar-refractivity contribution in [2.75, 3.05) is 39.8 Å². The smallest absolute Gasteiger partial charge is 0.254 e. The first-order chi connectivity index (χ1) is 13.0. The average Bonchev–Trinajstić information content (AvgIpc) is 2.70. The van der Waals surface area contributed by atoms with Gasteiger partial charge in [0.15, 0.2) is 5.78 Å². The lowest BCUT2D eigenvalue weighted by Gasteiger charge is -2.34. The minimum absolute atomic E-state index is 0.00837. The van der Waals surface area contributed by atoms with Crippen LogP contribution in [0.5, 0.6) is 5.75 Å². The fourth-order valence-electron chi connectivity index (χ4n) is 3.26. The second kappa shape index (κ2) is 8.35. The molecular formula is C22H26N2O3. The van der Waals surface area contributed by atoms with Crippen LogP contribution in [-0.2, 0) is 0 Å². The second-order valence-corrected chi connectivity index (χ2v) is 7.02. The Hall–Kier alpha value is -2.66. The molecule has 0 radical (unpaired) electrons. The molecule has 27 heavy (non-hydrogen) atoms. The largest absolute Gasteiger partial charge is 0.497 e. The molecule has 2 aromatic rings. The monoisotopic (exact) mass is 366 g/mol. The molecule has 1 aliphatic rings. The van der Waals surface area contributed by atoms with E-state index in [0.29, 0.717) is 44.0 Å². The predicted molar refractivity (Wildman–Crippen MR) is 106 cm³/mol. The highest BCUT2D eigenvalue weighted by atomic mass is 16.5. The highest BCUT2D eigenvalue weighted by Crippen LogP contribution is 2.16. The summed E-state index contributed by atoms with van der Waals surface area (Å²) in [4.78, 5) is 29.2. The molecule has 0 aliphatic carbocycles. The van der Waals surface area contributed by atoms with Gasteiger partial charge in [-0.15, -0.1) is 0 Å². The SMILES string of the molecule is COc1cccc(C(=O)N2CCN(CC(=O)c3ccc(C)c(C)c3)CC2)c1. The Morgan fingerprint density at radius 3 is 2.33 bits per heavy atom. The minimum atomic E-state index is 0.00837. The molecule has 0 unspecified atom stereocenters. The Bertz CT molecular complexity index is 839. The zero-order valence-corrected chi connectivity index (χ0v) is 16.2. The van der Waals surface area contributed by atoms with Gasteiger partial charge in [0.1, 0.15) is 5.75 Å². The number of hydrogen-bond acceptors (Lipinski definition) is 4. The number of methoxy groups -OCH3 is 1. The van der Waals surface area contributed by atoms with Crippen LogP contribution in [0.2, 0.25) is 0 Å². The highest BCUT2D eigenvalue weighted by Gasteiger charge is 2.24. The summed E-state index contributed by atoms with van der Waals surface area (Å²) in [6, 6.07) is 13.1. The molecule has 1 amide bonds. The molecule has 142 valence electrons. The zero-order valence-electron chi connectivity index (χ0n) is 16.2. The summed E-state index contributed by atoms with van der Waals surface area (Å²) >= 11 is 0. The van der Waals surface area contributed by atoms with Crippen LogP contribution in [0, 0.1) is 13.8 Å². The van der Waals surface area contributed by atoms with Gasteiger partial charge in [-0.3, -0.25) is 14.5 Å². The zero-order chi connectivity index (χ0) is 19.4. The summed E-state index contributed by atoms with van der Waals surface area (Å²) in [7, 11) is 1.59. The molecule has 2 aromatic carbocycles. The van der Waals surface area contributed by atoms with E-state index in [9.17, 15) is 9.59 Å². The second-order valence-electron chi connectivity index (χ2n) is 7.02. The lowest BCUT2D eigenvalue weighted by atomic mass is 10.0. The van der Waals surface area contributed by atoms with Crippen molar-refractivity contribution in [2.24, 2.45) is 0 Å². The number of piperazine rings is 1. The molecule has 0 bridgehead atoms. The molecule has 0 N–H and O–H groups in total. The summed E-state index contributed by atoms with van der Waals surface area (Å²) in [6.45, 7) is 7.10. The molecule has 1 aliphatic heterocycles. The number of ketones is 1. The normalized spacial score (nSPS) is 14.9. The number of ether oxygens (including phenoxy) is 1. The molecule has 1 fully saturated rings. The number of hydrogen-bond donors (Lipinski definition) is 0. The standard InChI is InChI=1S/C22H26N2O3/c1-16-7-8-18(13-17(16)2)21(25)15-23-9-11-24(12-10-23)22(26)19-5-4-6-20(14-19)27-3/h4-8,13-14H,9-12,15H2,1-3H3. The van der Waals surface area contributed by atoms with Crippen molar-refractivity contribution in [3.63, 3.8) is 0 Å². The maximum Gasteiger partial charge on any atom is 0.254 e. The third kappa shape index (κ3) is 4.55. The number of rotatable bonds is 5. The van der Waals surface area contributed by atoms with Crippen LogP contribution in [0.15, 0.2) is 42.5 Å². The number of benzene rings is 2. The van der Waals surface area contributed by atoms with Gasteiger partial charge >= 0.3 is 0 Å². The predicted octanol–water partition coefficient (Wildman–Crippen LogP) is 2.95. The van der Waals surface area contributed by atoms with E-state index in [1.165, 1.54) is 5.56 Å². The minimum Gasteiger partial charge on any atom is -0.497 e. The molecule has 5 nitrogen and oxygen atoms in total. The Labute approximate surface area is 160 Å². The van der Waals surface area contributed by atoms with Gasteiger partial charge in [-0.2, -0.15) is 0 Å². The first-order valence-electron chi connectivity index (χ1n) is 9.24. The average molecular weight is 366 g/mol. The van der Waals surface area contributed by atoms with Crippen molar-refractivity contribution >= 4 is 11.7 Å². The summed E-state index contributed by atoms with van der Waals surface area (Å²) in [5.74, 6) is 0.818. The van der Waals surface area contributed by atoms with E-state index >= 15 is 0 Å². The fraction of sp³-hybridized carbons (Fsp3) is 0.364. The van der Waals surface area contributed by atoms with Gasteiger partial charge in [0.2, 0.25) is 0 Å². The number of carbonyl (C=O) groups excluding carboxylic acids is 2. The number of nitrogens with zero attached hydrogens (tertiary/aromatic N) is 2. The quantitative estimate of drug-likeness (QED) is 0.764. The van der Waals surface area contributed by atoms with Crippen LogP contribution in [0.3, 0.4) is 0 Å². The lowest BCUT2D eigenvalue weighted by Crippen LogP contribution is -2.49. The van der Waals surface area contributed by atoms with Crippen LogP contribution in [0.4, 0.5) is 0 Å². The third-order valence-electron chi connectivity index (χ3n) is 5.17. The summed E-state index contributed by atoms with van der Waals surface area (Å²) in [5.41, 5.74) is 3.72. The maximum absolute atomic E-state index is 12.7. The van der Waals surface area contributed by atoms with Crippen LogP contribution in [-0.4, -0.2) is 61.3 Å². The Balaban J connectivity index is 1.56. The first kappa shape index (κ1) is 19.1. The van der Waals surface area contributed by atoms with Crippen LogP contribution in [0.25, 0.3) is 0 Å². The fourth-order valence-corrected chi connectivity index (χ4v) is 3.26. The topological polar surface area (TPSA) is 49.9 Å². The van der Waals surface area contributed by atoms with Gasteiger partial charge in [0.05, 0.1) is 13.7 Å². The Morgan fingerprint density at radius 1 is 0.926 bits per heavy atom. The van der Waals surface area contributed by atoms with Gasteiger partial charge in [-0.1, -0.05) is 18.2 Å². The maximum atomic E-state index is 12.7. The molecule has 1 heterocycles.